The number of nitrogens with two attached hydrogens (primary N) is 1. The summed E-state index contributed by atoms with van der Waals surface area (Å²) in [5.74, 6) is 0.600. The summed E-state index contributed by atoms with van der Waals surface area (Å²) in [5, 5.41) is 11.3. The van der Waals surface area contributed by atoms with Crippen LogP contribution in [-0.2, 0) is 0 Å². The first-order chi connectivity index (χ1) is 32.2. The fourth-order valence-electron chi connectivity index (χ4n) is 11.1. The van der Waals surface area contributed by atoms with Crippen molar-refractivity contribution >= 4 is 65.4 Å². The predicted octanol–water partition coefficient (Wildman–Crippen LogP) is 14.5. The molecule has 312 valence electrons. The van der Waals surface area contributed by atoms with E-state index in [1.54, 1.807) is 0 Å². The molecule has 2 aliphatic carbocycles. The first-order valence-corrected chi connectivity index (χ1v) is 23.0. The van der Waals surface area contributed by atoms with Crippen LogP contribution in [-0.4, -0.2) is 13.7 Å². The van der Waals surface area contributed by atoms with Gasteiger partial charge in [0.05, 0.1) is 45.3 Å². The molecule has 0 radical (unpaired) electrons. The fraction of sp³-hybridized carbons (Fsp3) is 0.100. The van der Waals surface area contributed by atoms with Gasteiger partial charge in [-0.1, -0.05) is 152 Å². The van der Waals surface area contributed by atoms with E-state index >= 15 is 0 Å². The average Bonchev–Trinajstić information content (AvgIpc) is 4.01. The highest BCUT2D eigenvalue weighted by atomic mass is 15.1. The second-order valence-electron chi connectivity index (χ2n) is 17.8. The highest BCUT2D eigenvalue weighted by Crippen LogP contribution is 2.41. The van der Waals surface area contributed by atoms with Gasteiger partial charge in [-0.15, -0.1) is 0 Å². The second-order valence-corrected chi connectivity index (χ2v) is 17.8. The summed E-state index contributed by atoms with van der Waals surface area (Å²) in [5.41, 5.74) is 22.6. The standard InChI is InChI=1S/C60H47N5/c61-60(62-59(40-16-2-1-3-17-40)42-30-29-39-15-4-5-18-41(39)35-42)43-19-14-20-44(36-43)65-57-37-45(63-53-25-10-6-21-47(53)48-22-7-11-26-54(48)63)31-33-51(57)52-34-32-46(38-58(52)65)64-55-27-12-8-23-49(55)50-24-9-13-28-56(50)64/h1-3,5-14,16-28,30-39,59-60,62H,4,15,29,61H2. The average molecular weight is 838 g/mol. The summed E-state index contributed by atoms with van der Waals surface area (Å²) < 4.78 is 7.28. The third-order valence-corrected chi connectivity index (χ3v) is 14.1. The molecule has 11 aromatic rings. The van der Waals surface area contributed by atoms with Crippen LogP contribution in [0.5, 0.6) is 0 Å². The lowest BCUT2D eigenvalue weighted by Gasteiger charge is -2.30. The maximum absolute atomic E-state index is 7.32. The molecule has 3 unspecified atom stereocenters. The van der Waals surface area contributed by atoms with E-state index in [2.05, 4.69) is 231 Å². The largest absolute Gasteiger partial charge is 0.312 e. The minimum Gasteiger partial charge on any atom is -0.312 e. The third kappa shape index (κ3) is 6.15. The summed E-state index contributed by atoms with van der Waals surface area (Å²) >= 11 is 0. The van der Waals surface area contributed by atoms with Crippen molar-refractivity contribution < 1.29 is 0 Å². The zero-order chi connectivity index (χ0) is 43.0. The van der Waals surface area contributed by atoms with Crippen LogP contribution in [0.3, 0.4) is 0 Å². The minimum absolute atomic E-state index is 0.0607. The molecule has 5 heteroatoms. The van der Waals surface area contributed by atoms with Gasteiger partial charge in [0.2, 0.25) is 0 Å². The molecule has 3 aromatic heterocycles. The molecule has 0 saturated heterocycles. The van der Waals surface area contributed by atoms with Crippen LogP contribution in [0, 0.1) is 5.92 Å². The van der Waals surface area contributed by atoms with Crippen LogP contribution >= 0.6 is 0 Å². The highest BCUT2D eigenvalue weighted by Gasteiger charge is 2.26. The van der Waals surface area contributed by atoms with Crippen LogP contribution in [0.25, 0.3) is 82.5 Å². The van der Waals surface area contributed by atoms with Crippen molar-refractivity contribution in [3.05, 3.63) is 235 Å². The Morgan fingerprint density at radius 1 is 0.462 bits per heavy atom. The van der Waals surface area contributed by atoms with Crippen molar-refractivity contribution in [3.8, 4) is 17.1 Å². The number of allylic oxidation sites excluding steroid dienone is 4. The van der Waals surface area contributed by atoms with Gasteiger partial charge in [0.1, 0.15) is 0 Å². The van der Waals surface area contributed by atoms with E-state index in [4.69, 9.17) is 5.73 Å². The number of hydrogen-bond acceptors (Lipinski definition) is 2. The molecule has 13 rings (SSSR count). The van der Waals surface area contributed by atoms with Crippen LogP contribution in [0.15, 0.2) is 224 Å². The molecule has 2 aliphatic rings. The molecule has 0 fully saturated rings. The molecule has 3 N–H and O–H groups in total. The molecule has 65 heavy (non-hydrogen) atoms. The lowest BCUT2D eigenvalue weighted by Crippen LogP contribution is -2.33. The maximum Gasteiger partial charge on any atom is 0.0818 e. The molecule has 0 bridgehead atoms. The molecular formula is C60H47N5. The van der Waals surface area contributed by atoms with Crippen molar-refractivity contribution in [2.75, 3.05) is 0 Å². The summed E-state index contributed by atoms with van der Waals surface area (Å²) in [6.07, 6.45) is 12.5. The van der Waals surface area contributed by atoms with Gasteiger partial charge in [0.15, 0.2) is 0 Å². The molecule has 0 saturated carbocycles. The SMILES string of the molecule is NC(NC(C1=CCC2CCC=CC2=C1)c1ccccc1)c1cccc(-n2c3cc(-n4c5ccccc5c5ccccc54)ccc3c3ccc(-n4c5ccccc5c5ccccc54)cc32)c1. The molecule has 8 aromatic carbocycles. The quantitative estimate of drug-likeness (QED) is 0.150. The number of fused-ring (bicyclic) bond motifs is 10. The third-order valence-electron chi connectivity index (χ3n) is 14.1. The summed E-state index contributed by atoms with van der Waals surface area (Å²) in [4.78, 5) is 0. The first kappa shape index (κ1) is 37.8. The van der Waals surface area contributed by atoms with E-state index in [0.717, 1.165) is 46.5 Å². The Kier molecular flexibility index (Phi) is 8.87. The first-order valence-electron chi connectivity index (χ1n) is 23.0. The van der Waals surface area contributed by atoms with Crippen molar-refractivity contribution in [1.29, 1.82) is 0 Å². The van der Waals surface area contributed by atoms with Gasteiger partial charge < -0.3 is 19.4 Å². The van der Waals surface area contributed by atoms with E-state index in [1.807, 2.05) is 0 Å². The van der Waals surface area contributed by atoms with Crippen molar-refractivity contribution in [2.45, 2.75) is 31.5 Å². The van der Waals surface area contributed by atoms with Crippen LogP contribution in [0.1, 0.15) is 42.6 Å². The maximum atomic E-state index is 7.32. The molecular weight excluding hydrogens is 791 g/mol. The number of benzene rings is 8. The molecule has 5 nitrogen and oxygen atoms in total. The highest BCUT2D eigenvalue weighted by molar-refractivity contribution is 6.13. The van der Waals surface area contributed by atoms with Crippen LogP contribution in [0.2, 0.25) is 0 Å². The van der Waals surface area contributed by atoms with Gasteiger partial charge in [-0.05, 0) is 108 Å². The van der Waals surface area contributed by atoms with Gasteiger partial charge in [-0.25, -0.2) is 0 Å². The van der Waals surface area contributed by atoms with Crippen molar-refractivity contribution in [2.24, 2.45) is 11.7 Å². The minimum atomic E-state index is -0.437. The lowest BCUT2D eigenvalue weighted by atomic mass is 9.80. The number of para-hydroxylation sites is 4. The Labute approximate surface area is 377 Å². The second kappa shape index (κ2) is 15.2. The normalized spacial score (nSPS) is 16.1. The Morgan fingerprint density at radius 2 is 0.938 bits per heavy atom. The number of nitrogens with zero attached hydrogens (tertiary/aromatic N) is 3. The van der Waals surface area contributed by atoms with E-state index in [-0.39, 0.29) is 6.04 Å². The molecule has 3 atom stereocenters. The fourth-order valence-corrected chi connectivity index (χ4v) is 11.1. The van der Waals surface area contributed by atoms with Gasteiger partial charge in [-0.3, -0.25) is 5.32 Å². The molecule has 0 spiro atoms. The van der Waals surface area contributed by atoms with E-state index < -0.39 is 6.17 Å². The van der Waals surface area contributed by atoms with Crippen molar-refractivity contribution in [1.82, 2.24) is 19.0 Å². The summed E-state index contributed by atoms with van der Waals surface area (Å²) in [6.45, 7) is 0. The van der Waals surface area contributed by atoms with Crippen LogP contribution < -0.4 is 11.1 Å². The summed E-state index contributed by atoms with van der Waals surface area (Å²) in [7, 11) is 0. The zero-order valence-corrected chi connectivity index (χ0v) is 36.0. The Bertz CT molecular complexity index is 3480. The van der Waals surface area contributed by atoms with E-state index in [1.165, 1.54) is 77.5 Å². The Balaban J connectivity index is 0.995. The molecule has 0 amide bonds. The molecule has 0 aliphatic heterocycles. The smallest absolute Gasteiger partial charge is 0.0818 e. The van der Waals surface area contributed by atoms with Crippen LogP contribution in [0.4, 0.5) is 0 Å². The number of hydrogen-bond donors (Lipinski definition) is 2. The predicted molar refractivity (Wildman–Crippen MR) is 271 cm³/mol. The Morgan fingerprint density at radius 3 is 1.51 bits per heavy atom. The lowest BCUT2D eigenvalue weighted by molar-refractivity contribution is 0.488. The van der Waals surface area contributed by atoms with E-state index in [0.29, 0.717) is 5.92 Å². The Hall–Kier alpha value is -7.70. The summed E-state index contributed by atoms with van der Waals surface area (Å²) in [6, 6.07) is 68.4. The topological polar surface area (TPSA) is 52.8 Å². The van der Waals surface area contributed by atoms with Gasteiger partial charge in [0, 0.05) is 49.4 Å². The van der Waals surface area contributed by atoms with Crippen molar-refractivity contribution in [3.63, 3.8) is 0 Å². The van der Waals surface area contributed by atoms with Gasteiger partial charge >= 0.3 is 0 Å². The van der Waals surface area contributed by atoms with Gasteiger partial charge in [0.25, 0.3) is 0 Å². The van der Waals surface area contributed by atoms with Gasteiger partial charge in [-0.2, -0.15) is 0 Å². The number of nitrogens with one attached hydrogen (secondary N) is 1. The monoisotopic (exact) mass is 837 g/mol. The zero-order valence-electron chi connectivity index (χ0n) is 36.0. The number of aromatic nitrogens is 3. The van der Waals surface area contributed by atoms with E-state index in [9.17, 15) is 0 Å². The number of rotatable bonds is 8. The molecule has 3 heterocycles.